The Hall–Kier alpha value is -3.61. The van der Waals surface area contributed by atoms with Gasteiger partial charge in [-0.25, -0.2) is 4.39 Å². The molecule has 0 spiro atoms. The number of hydrogen-bond donors (Lipinski definition) is 0. The second-order valence-corrected chi connectivity index (χ2v) is 5.65. The van der Waals surface area contributed by atoms with Gasteiger partial charge in [-0.05, 0) is 29.8 Å². The quantitative estimate of drug-likeness (QED) is 0.566. The van der Waals surface area contributed by atoms with Crippen LogP contribution < -0.4 is 5.56 Å². The van der Waals surface area contributed by atoms with Crippen molar-refractivity contribution in [2.24, 2.45) is 0 Å². The molecule has 0 radical (unpaired) electrons. The van der Waals surface area contributed by atoms with Crippen molar-refractivity contribution in [1.29, 1.82) is 0 Å². The van der Waals surface area contributed by atoms with Crippen LogP contribution in [0.25, 0.3) is 22.8 Å². The maximum atomic E-state index is 13.9. The van der Waals surface area contributed by atoms with Crippen LogP contribution in [-0.2, 0) is 6.54 Å². The summed E-state index contributed by atoms with van der Waals surface area (Å²) in [4.78, 5) is 20.4. The number of aromatic nitrogens is 4. The van der Waals surface area contributed by atoms with Crippen LogP contribution in [-0.4, -0.2) is 19.7 Å². The summed E-state index contributed by atoms with van der Waals surface area (Å²) in [6.07, 6.45) is 5.00. The highest BCUT2D eigenvalue weighted by molar-refractivity contribution is 5.59. The van der Waals surface area contributed by atoms with E-state index in [4.69, 9.17) is 4.52 Å². The SMILES string of the molecule is O=c1ccc(-c2nc(-c3ccccc3F)no2)cn1Cc1cccnc1. The maximum Gasteiger partial charge on any atom is 0.259 e. The minimum atomic E-state index is -0.429. The van der Waals surface area contributed by atoms with Crippen LogP contribution in [0.5, 0.6) is 0 Å². The number of pyridine rings is 2. The number of rotatable bonds is 4. The zero-order valence-electron chi connectivity index (χ0n) is 13.5. The molecule has 128 valence electrons. The summed E-state index contributed by atoms with van der Waals surface area (Å²) in [6.45, 7) is 0.370. The Balaban J connectivity index is 1.68. The van der Waals surface area contributed by atoms with E-state index in [9.17, 15) is 9.18 Å². The molecule has 0 atom stereocenters. The Labute approximate surface area is 147 Å². The van der Waals surface area contributed by atoms with Crippen molar-refractivity contribution in [3.05, 3.63) is 88.9 Å². The summed E-state index contributed by atoms with van der Waals surface area (Å²) in [6, 6.07) is 12.9. The molecule has 0 aliphatic heterocycles. The minimum absolute atomic E-state index is 0.156. The predicted octanol–water partition coefficient (Wildman–Crippen LogP) is 3.15. The summed E-state index contributed by atoms with van der Waals surface area (Å²) >= 11 is 0. The van der Waals surface area contributed by atoms with Gasteiger partial charge >= 0.3 is 0 Å². The number of halogens is 1. The molecule has 4 aromatic rings. The highest BCUT2D eigenvalue weighted by Crippen LogP contribution is 2.23. The topological polar surface area (TPSA) is 73.8 Å². The molecule has 3 aromatic heterocycles. The molecule has 0 bridgehead atoms. The molecule has 26 heavy (non-hydrogen) atoms. The summed E-state index contributed by atoms with van der Waals surface area (Å²) in [7, 11) is 0. The van der Waals surface area contributed by atoms with Crippen LogP contribution in [0.15, 0.2) is 76.4 Å². The van der Waals surface area contributed by atoms with Gasteiger partial charge in [0.15, 0.2) is 0 Å². The highest BCUT2D eigenvalue weighted by atomic mass is 19.1. The lowest BCUT2D eigenvalue weighted by atomic mass is 10.2. The third-order valence-corrected chi connectivity index (χ3v) is 3.85. The predicted molar refractivity (Wildman–Crippen MR) is 92.7 cm³/mol. The summed E-state index contributed by atoms with van der Waals surface area (Å²) in [5.41, 5.74) is 1.56. The van der Waals surface area contributed by atoms with Gasteiger partial charge in [-0.15, -0.1) is 0 Å². The third kappa shape index (κ3) is 3.14. The molecule has 0 saturated carbocycles. The van der Waals surface area contributed by atoms with E-state index in [1.165, 1.54) is 16.7 Å². The van der Waals surface area contributed by atoms with Gasteiger partial charge < -0.3 is 9.09 Å². The summed E-state index contributed by atoms with van der Waals surface area (Å²) in [5.74, 6) is -0.0623. The second-order valence-electron chi connectivity index (χ2n) is 5.65. The highest BCUT2D eigenvalue weighted by Gasteiger charge is 2.14. The molecule has 7 heteroatoms. The molecule has 0 fully saturated rings. The largest absolute Gasteiger partial charge is 0.334 e. The van der Waals surface area contributed by atoms with Crippen molar-refractivity contribution in [3.63, 3.8) is 0 Å². The first kappa shape index (κ1) is 15.9. The fourth-order valence-corrected chi connectivity index (χ4v) is 2.56. The van der Waals surface area contributed by atoms with Crippen molar-refractivity contribution >= 4 is 0 Å². The van der Waals surface area contributed by atoms with Crippen molar-refractivity contribution in [3.8, 4) is 22.8 Å². The van der Waals surface area contributed by atoms with Crippen LogP contribution in [0, 0.1) is 5.82 Å². The van der Waals surface area contributed by atoms with Crippen molar-refractivity contribution in [2.45, 2.75) is 6.54 Å². The summed E-state index contributed by atoms with van der Waals surface area (Å²) in [5, 5.41) is 3.84. The van der Waals surface area contributed by atoms with E-state index in [1.807, 2.05) is 12.1 Å². The van der Waals surface area contributed by atoms with Gasteiger partial charge in [0.2, 0.25) is 5.82 Å². The van der Waals surface area contributed by atoms with Gasteiger partial charge in [0.25, 0.3) is 11.4 Å². The molecular weight excluding hydrogens is 335 g/mol. The lowest BCUT2D eigenvalue weighted by molar-refractivity contribution is 0.431. The molecule has 0 amide bonds. The van der Waals surface area contributed by atoms with Crippen molar-refractivity contribution < 1.29 is 8.91 Å². The molecule has 0 aliphatic rings. The lowest BCUT2D eigenvalue weighted by Crippen LogP contribution is -2.19. The molecular formula is C19H13FN4O2. The molecule has 4 rings (SSSR count). The van der Waals surface area contributed by atoms with Gasteiger partial charge in [-0.3, -0.25) is 9.78 Å². The van der Waals surface area contributed by atoms with E-state index in [-0.39, 0.29) is 22.8 Å². The van der Waals surface area contributed by atoms with Crippen LogP contribution >= 0.6 is 0 Å². The van der Waals surface area contributed by atoms with E-state index >= 15 is 0 Å². The fourth-order valence-electron chi connectivity index (χ4n) is 2.56. The van der Waals surface area contributed by atoms with Crippen molar-refractivity contribution in [1.82, 2.24) is 19.7 Å². The van der Waals surface area contributed by atoms with E-state index in [2.05, 4.69) is 15.1 Å². The van der Waals surface area contributed by atoms with Gasteiger partial charge in [-0.2, -0.15) is 4.98 Å². The minimum Gasteiger partial charge on any atom is -0.334 e. The Morgan fingerprint density at radius 2 is 1.96 bits per heavy atom. The Morgan fingerprint density at radius 3 is 2.77 bits per heavy atom. The molecule has 0 saturated heterocycles. The van der Waals surface area contributed by atoms with E-state index < -0.39 is 5.82 Å². The monoisotopic (exact) mass is 348 g/mol. The van der Waals surface area contributed by atoms with Crippen LogP contribution in [0.3, 0.4) is 0 Å². The summed E-state index contributed by atoms with van der Waals surface area (Å²) < 4.78 is 20.7. The van der Waals surface area contributed by atoms with Gasteiger partial charge in [0.05, 0.1) is 17.7 Å². The lowest BCUT2D eigenvalue weighted by Gasteiger charge is -2.06. The fraction of sp³-hybridized carbons (Fsp3) is 0.0526. The number of hydrogen-bond acceptors (Lipinski definition) is 5. The zero-order valence-corrected chi connectivity index (χ0v) is 13.5. The first-order chi connectivity index (χ1) is 12.7. The molecule has 0 aliphatic carbocycles. The Morgan fingerprint density at radius 1 is 1.08 bits per heavy atom. The Kier molecular flexibility index (Phi) is 4.10. The average molecular weight is 348 g/mol. The first-order valence-corrected chi connectivity index (χ1v) is 7.89. The van der Waals surface area contributed by atoms with Crippen molar-refractivity contribution in [2.75, 3.05) is 0 Å². The first-order valence-electron chi connectivity index (χ1n) is 7.89. The molecule has 0 N–H and O–H groups in total. The van der Waals surface area contributed by atoms with Crippen LogP contribution in [0.1, 0.15) is 5.56 Å². The van der Waals surface area contributed by atoms with Crippen LogP contribution in [0.4, 0.5) is 4.39 Å². The molecule has 1 aromatic carbocycles. The van der Waals surface area contributed by atoms with Gasteiger partial charge in [0.1, 0.15) is 5.82 Å². The third-order valence-electron chi connectivity index (χ3n) is 3.85. The van der Waals surface area contributed by atoms with E-state index in [0.717, 1.165) is 5.56 Å². The maximum absolute atomic E-state index is 13.9. The van der Waals surface area contributed by atoms with E-state index in [0.29, 0.717) is 12.1 Å². The molecule has 3 heterocycles. The number of benzene rings is 1. The van der Waals surface area contributed by atoms with Gasteiger partial charge in [0, 0.05) is 24.7 Å². The second kappa shape index (κ2) is 6.72. The van der Waals surface area contributed by atoms with Gasteiger partial charge in [-0.1, -0.05) is 23.4 Å². The molecule has 0 unspecified atom stereocenters. The standard InChI is InChI=1S/C19H13FN4O2/c20-16-6-2-1-5-15(16)18-22-19(26-23-18)14-7-8-17(25)24(12-14)11-13-4-3-9-21-10-13/h1-10,12H,11H2. The molecule has 6 nitrogen and oxygen atoms in total. The smallest absolute Gasteiger partial charge is 0.259 e. The average Bonchev–Trinajstić information content (AvgIpc) is 3.15. The van der Waals surface area contributed by atoms with E-state index in [1.54, 1.807) is 42.9 Å². The van der Waals surface area contributed by atoms with Crippen LogP contribution in [0.2, 0.25) is 0 Å². The number of nitrogens with zero attached hydrogens (tertiary/aromatic N) is 4. The Bertz CT molecular complexity index is 1110. The normalized spacial score (nSPS) is 10.8. The zero-order chi connectivity index (χ0) is 17.9.